The van der Waals surface area contributed by atoms with Crippen LogP contribution in [0.1, 0.15) is 43.7 Å². The second kappa shape index (κ2) is 4.84. The van der Waals surface area contributed by atoms with Crippen LogP contribution in [0, 0.1) is 17.6 Å². The van der Waals surface area contributed by atoms with Crippen molar-refractivity contribution in [1.82, 2.24) is 5.32 Å². The summed E-state index contributed by atoms with van der Waals surface area (Å²) in [7, 11) is 0. The first-order valence-corrected chi connectivity index (χ1v) is 7.01. The zero-order chi connectivity index (χ0) is 13.5. The average molecular weight is 267 g/mol. The van der Waals surface area contributed by atoms with Gasteiger partial charge in [-0.1, -0.05) is 18.9 Å². The fraction of sp³-hybridized carbons (Fsp3) is 0.600. The van der Waals surface area contributed by atoms with Crippen LogP contribution in [0.3, 0.4) is 0 Å². The lowest BCUT2D eigenvalue weighted by Crippen LogP contribution is -2.53. The van der Waals surface area contributed by atoms with E-state index in [2.05, 4.69) is 5.32 Å². The lowest BCUT2D eigenvalue weighted by atomic mass is 9.67. The van der Waals surface area contributed by atoms with Crippen molar-refractivity contribution < 1.29 is 13.9 Å². The van der Waals surface area contributed by atoms with Crippen LogP contribution in [0.25, 0.3) is 0 Å². The highest BCUT2D eigenvalue weighted by molar-refractivity contribution is 5.24. The summed E-state index contributed by atoms with van der Waals surface area (Å²) in [6, 6.07) is 3.97. The number of aliphatic hydroxyl groups is 1. The molecule has 2 aliphatic rings. The second-order valence-electron chi connectivity index (χ2n) is 5.81. The zero-order valence-electron chi connectivity index (χ0n) is 10.8. The molecule has 0 unspecified atom stereocenters. The second-order valence-corrected chi connectivity index (χ2v) is 5.81. The molecule has 1 aliphatic carbocycles. The Morgan fingerprint density at radius 2 is 2.00 bits per heavy atom. The molecule has 3 rings (SSSR count). The van der Waals surface area contributed by atoms with Crippen molar-refractivity contribution in [2.75, 3.05) is 6.54 Å². The summed E-state index contributed by atoms with van der Waals surface area (Å²) >= 11 is 0. The number of rotatable bonds is 1. The molecule has 2 nitrogen and oxygen atoms in total. The van der Waals surface area contributed by atoms with E-state index in [0.29, 0.717) is 0 Å². The van der Waals surface area contributed by atoms with Crippen molar-refractivity contribution in [1.29, 1.82) is 0 Å². The highest BCUT2D eigenvalue weighted by atomic mass is 19.2. The summed E-state index contributed by atoms with van der Waals surface area (Å²) in [6.45, 7) is 0.719. The molecule has 2 fully saturated rings. The summed E-state index contributed by atoms with van der Waals surface area (Å²) in [5.41, 5.74) is 0.0999. The minimum Gasteiger partial charge on any atom is -0.389 e. The SMILES string of the molecule is O[C@@]12CCCC[C@@H]1[C@@H](c1ccc(F)c(F)c1)NCC2. The van der Waals surface area contributed by atoms with Gasteiger partial charge in [0.15, 0.2) is 11.6 Å². The first kappa shape index (κ1) is 13.0. The van der Waals surface area contributed by atoms with Crippen molar-refractivity contribution in [2.24, 2.45) is 5.92 Å². The Bertz CT molecular complexity index is 475. The first-order chi connectivity index (χ1) is 9.10. The predicted molar refractivity (Wildman–Crippen MR) is 68.6 cm³/mol. The summed E-state index contributed by atoms with van der Waals surface area (Å²) < 4.78 is 26.4. The van der Waals surface area contributed by atoms with E-state index < -0.39 is 17.2 Å². The van der Waals surface area contributed by atoms with E-state index in [-0.39, 0.29) is 12.0 Å². The van der Waals surface area contributed by atoms with Gasteiger partial charge < -0.3 is 10.4 Å². The molecule has 1 saturated carbocycles. The lowest BCUT2D eigenvalue weighted by molar-refractivity contribution is -0.0861. The number of hydrogen-bond donors (Lipinski definition) is 2. The normalized spacial score (nSPS) is 34.9. The predicted octanol–water partition coefficient (Wildman–Crippen LogP) is 2.92. The minimum atomic E-state index is -0.821. The molecule has 104 valence electrons. The van der Waals surface area contributed by atoms with Crippen molar-refractivity contribution in [3.63, 3.8) is 0 Å². The average Bonchev–Trinajstić information content (AvgIpc) is 2.40. The van der Waals surface area contributed by atoms with Gasteiger partial charge in [-0.25, -0.2) is 8.78 Å². The van der Waals surface area contributed by atoms with Gasteiger partial charge in [-0.3, -0.25) is 0 Å². The fourth-order valence-electron chi connectivity index (χ4n) is 3.68. The smallest absolute Gasteiger partial charge is 0.159 e. The standard InChI is InChI=1S/C15H19F2NO/c16-12-5-4-10(9-13(12)17)14-11-3-1-2-6-15(11,19)7-8-18-14/h4-5,9,11,14,18-19H,1-3,6-8H2/t11-,14-,15-/m1/s1. The molecule has 1 aliphatic heterocycles. The number of nitrogens with one attached hydrogen (secondary N) is 1. The number of halogens is 2. The Morgan fingerprint density at radius 3 is 2.79 bits per heavy atom. The molecule has 1 aromatic rings. The van der Waals surface area contributed by atoms with Gasteiger partial charge in [0, 0.05) is 12.0 Å². The van der Waals surface area contributed by atoms with Gasteiger partial charge >= 0.3 is 0 Å². The Morgan fingerprint density at radius 1 is 1.16 bits per heavy atom. The number of benzene rings is 1. The summed E-state index contributed by atoms with van der Waals surface area (Å²) in [5.74, 6) is -1.54. The van der Waals surface area contributed by atoms with Crippen LogP contribution >= 0.6 is 0 Å². The summed E-state index contributed by atoms with van der Waals surface area (Å²) in [6.07, 6.45) is 4.65. The van der Waals surface area contributed by atoms with E-state index in [0.717, 1.165) is 44.2 Å². The molecule has 0 aromatic heterocycles. The topological polar surface area (TPSA) is 32.3 Å². The maximum atomic E-state index is 13.4. The zero-order valence-corrected chi connectivity index (χ0v) is 10.8. The third kappa shape index (κ3) is 2.28. The third-order valence-electron chi connectivity index (χ3n) is 4.69. The van der Waals surface area contributed by atoms with Crippen molar-refractivity contribution in [3.05, 3.63) is 35.4 Å². The molecule has 0 spiro atoms. The molecule has 3 atom stereocenters. The van der Waals surface area contributed by atoms with Crippen LogP contribution in [-0.2, 0) is 0 Å². The van der Waals surface area contributed by atoms with E-state index in [4.69, 9.17) is 0 Å². The van der Waals surface area contributed by atoms with E-state index in [1.165, 1.54) is 12.1 Å². The van der Waals surface area contributed by atoms with Gasteiger partial charge in [-0.05, 0) is 43.5 Å². The van der Waals surface area contributed by atoms with Crippen LogP contribution in [0.4, 0.5) is 8.78 Å². The molecule has 4 heteroatoms. The highest BCUT2D eigenvalue weighted by Gasteiger charge is 2.45. The Hall–Kier alpha value is -1.00. The first-order valence-electron chi connectivity index (χ1n) is 7.01. The van der Waals surface area contributed by atoms with Crippen molar-refractivity contribution in [2.45, 2.75) is 43.7 Å². The molecule has 1 aromatic carbocycles. The van der Waals surface area contributed by atoms with Crippen LogP contribution in [0.5, 0.6) is 0 Å². The molecule has 2 N–H and O–H groups in total. The van der Waals surface area contributed by atoms with Crippen LogP contribution in [0.2, 0.25) is 0 Å². The minimum absolute atomic E-state index is 0.0749. The molecule has 1 saturated heterocycles. The highest BCUT2D eigenvalue weighted by Crippen LogP contribution is 2.45. The monoisotopic (exact) mass is 267 g/mol. The van der Waals surface area contributed by atoms with Gasteiger partial charge in [0.25, 0.3) is 0 Å². The van der Waals surface area contributed by atoms with E-state index >= 15 is 0 Å². The quantitative estimate of drug-likeness (QED) is 0.820. The molecule has 19 heavy (non-hydrogen) atoms. The van der Waals surface area contributed by atoms with Crippen LogP contribution in [-0.4, -0.2) is 17.3 Å². The Kier molecular flexibility index (Phi) is 3.31. The maximum Gasteiger partial charge on any atom is 0.159 e. The van der Waals surface area contributed by atoms with E-state index in [9.17, 15) is 13.9 Å². The third-order valence-corrected chi connectivity index (χ3v) is 4.69. The molecule has 1 heterocycles. The largest absolute Gasteiger partial charge is 0.389 e. The van der Waals surface area contributed by atoms with E-state index in [1.54, 1.807) is 6.07 Å². The molecule has 0 amide bonds. The summed E-state index contributed by atoms with van der Waals surface area (Å²) in [5, 5.41) is 14.1. The van der Waals surface area contributed by atoms with E-state index in [1.807, 2.05) is 0 Å². The number of hydrogen-bond acceptors (Lipinski definition) is 2. The van der Waals surface area contributed by atoms with Crippen LogP contribution in [0.15, 0.2) is 18.2 Å². The van der Waals surface area contributed by atoms with Gasteiger partial charge in [-0.2, -0.15) is 0 Å². The van der Waals surface area contributed by atoms with Gasteiger partial charge in [0.1, 0.15) is 0 Å². The fourth-order valence-corrected chi connectivity index (χ4v) is 3.68. The van der Waals surface area contributed by atoms with Crippen molar-refractivity contribution in [3.8, 4) is 0 Å². The molecule has 0 bridgehead atoms. The van der Waals surface area contributed by atoms with Gasteiger partial charge in [0.2, 0.25) is 0 Å². The number of piperidine rings is 1. The van der Waals surface area contributed by atoms with Gasteiger partial charge in [0.05, 0.1) is 5.60 Å². The van der Waals surface area contributed by atoms with Crippen molar-refractivity contribution >= 4 is 0 Å². The summed E-state index contributed by atoms with van der Waals surface area (Å²) in [4.78, 5) is 0. The maximum absolute atomic E-state index is 13.4. The lowest BCUT2D eigenvalue weighted by Gasteiger charge is -2.48. The number of fused-ring (bicyclic) bond motifs is 1. The Labute approximate surface area is 111 Å². The van der Waals surface area contributed by atoms with Crippen LogP contribution < -0.4 is 5.32 Å². The molecule has 0 radical (unpaired) electrons. The van der Waals surface area contributed by atoms with Gasteiger partial charge in [-0.15, -0.1) is 0 Å². The Balaban J connectivity index is 1.92. The molecular formula is C15H19F2NO. The molecular weight excluding hydrogens is 248 g/mol.